The predicted octanol–water partition coefficient (Wildman–Crippen LogP) is 8.46. The molecule has 0 aromatic heterocycles. The maximum absolute atomic E-state index is 4.60. The van der Waals surface area contributed by atoms with Gasteiger partial charge in [0.2, 0.25) is 0 Å². The molecule has 8 atom stereocenters. The van der Waals surface area contributed by atoms with Crippen molar-refractivity contribution in [3.8, 4) is 0 Å². The summed E-state index contributed by atoms with van der Waals surface area (Å²) in [7, 11) is -3.81. The summed E-state index contributed by atoms with van der Waals surface area (Å²) < 4.78 is 0. The molecule has 2 radical (unpaired) electrons. The van der Waals surface area contributed by atoms with E-state index in [0.29, 0.717) is 0 Å². The molecule has 246 valence electrons. The smallest absolute Gasteiger partial charge is 0.125 e. The number of hydrogen-bond acceptors (Lipinski definition) is 4. The van der Waals surface area contributed by atoms with Gasteiger partial charge >= 0.3 is 0 Å². The number of nitrogens with one attached hydrogen (secondary N) is 2. The molecule has 2 saturated heterocycles. The van der Waals surface area contributed by atoms with Gasteiger partial charge in [0.25, 0.3) is 0 Å². The zero-order valence-electron chi connectivity index (χ0n) is 29.8. The maximum atomic E-state index is 4.60. The topological polar surface area (TPSA) is 30.5 Å². The van der Waals surface area contributed by atoms with E-state index in [-0.39, 0.29) is 11.1 Å². The summed E-state index contributed by atoms with van der Waals surface area (Å²) in [4.78, 5) is 15.1. The fourth-order valence-corrected chi connectivity index (χ4v) is 28.7. The lowest BCUT2D eigenvalue weighted by Gasteiger charge is -2.51. The first-order valence-electron chi connectivity index (χ1n) is 19.0. The van der Waals surface area contributed by atoms with E-state index in [1.807, 2.05) is 11.8 Å². The summed E-state index contributed by atoms with van der Waals surface area (Å²) in [6.07, 6.45) is 20.3. The molecule has 6 heteroatoms. The van der Waals surface area contributed by atoms with E-state index in [9.17, 15) is 0 Å². The van der Waals surface area contributed by atoms with Crippen molar-refractivity contribution >= 4 is 16.5 Å². The van der Waals surface area contributed by atoms with E-state index in [2.05, 4.69) is 74.4 Å². The third kappa shape index (κ3) is 7.10. The molecule has 0 amide bonds. The second-order valence-electron chi connectivity index (χ2n) is 18.8. The Bertz CT molecular complexity index is 860. The monoisotopic (exact) mass is 627 g/mol. The van der Waals surface area contributed by atoms with Crippen LogP contribution in [0.1, 0.15) is 131 Å². The lowest BCUT2D eigenvalue weighted by molar-refractivity contribution is 0.185. The fraction of sp³-hybridized carbons (Fsp3) is 0.946. The summed E-state index contributed by atoms with van der Waals surface area (Å²) in [6, 6.07) is 1.67. The standard InChI is InChI=1S/C37H70N4Si2/c1-36(2,3)38-42(7,34-25-32(40-21-13-14-22-40)28-17-9-11-19-30(28)34)27-43(8,39-37(4,5)6)35-26-33(41-23-15-16-24-41)29-18-10-12-20-31(29)35/h28-29,32-35,38-39H,9-27H2,1-8H3. The van der Waals surface area contributed by atoms with Crippen molar-refractivity contribution in [1.29, 1.82) is 0 Å². The Kier molecular flexibility index (Phi) is 9.81. The molecule has 6 rings (SSSR count). The van der Waals surface area contributed by atoms with Crippen LogP contribution in [0.15, 0.2) is 0 Å². The lowest BCUT2D eigenvalue weighted by atomic mass is 9.80. The van der Waals surface area contributed by atoms with Gasteiger partial charge in [0.05, 0.1) is 0 Å². The van der Waals surface area contributed by atoms with Crippen molar-refractivity contribution in [3.05, 3.63) is 11.8 Å². The average Bonchev–Trinajstić information content (AvgIpc) is 3.71. The van der Waals surface area contributed by atoms with Crippen molar-refractivity contribution in [2.75, 3.05) is 26.2 Å². The van der Waals surface area contributed by atoms with Crippen LogP contribution < -0.4 is 9.96 Å². The van der Waals surface area contributed by atoms with E-state index >= 15 is 0 Å². The van der Waals surface area contributed by atoms with Gasteiger partial charge in [-0.15, -0.1) is 0 Å². The number of fused-ring (bicyclic) bond motifs is 2. The van der Waals surface area contributed by atoms with Gasteiger partial charge in [-0.1, -0.05) is 38.8 Å². The molecule has 0 aromatic carbocycles. The quantitative estimate of drug-likeness (QED) is 0.265. The van der Waals surface area contributed by atoms with Crippen LogP contribution in [0.3, 0.4) is 0 Å². The summed E-state index contributed by atoms with van der Waals surface area (Å²) >= 11 is 0. The Labute approximate surface area is 269 Å². The molecular formula is C37H70N4Si2. The van der Waals surface area contributed by atoms with Crippen LogP contribution in [0, 0.1) is 23.7 Å². The van der Waals surface area contributed by atoms with E-state index in [0.717, 1.165) is 35.0 Å². The first kappa shape index (κ1) is 33.2. The summed E-state index contributed by atoms with van der Waals surface area (Å²) in [5, 5.41) is 0. The fourth-order valence-electron chi connectivity index (χ4n) is 12.3. The summed E-state index contributed by atoms with van der Waals surface area (Å²) in [5.74, 6) is 5.87. The van der Waals surface area contributed by atoms with Gasteiger partial charge < -0.3 is 19.8 Å². The normalized spacial score (nSPS) is 38.2. The summed E-state index contributed by atoms with van der Waals surface area (Å²) in [6.45, 7) is 26.1. The highest BCUT2D eigenvalue weighted by atomic mass is 28.4. The highest BCUT2D eigenvalue weighted by Gasteiger charge is 2.61. The van der Waals surface area contributed by atoms with Gasteiger partial charge in [0.15, 0.2) is 0 Å². The first-order chi connectivity index (χ1) is 20.3. The second-order valence-corrected chi connectivity index (χ2v) is 27.8. The number of nitrogens with zero attached hydrogens (tertiary/aromatic N) is 2. The van der Waals surface area contributed by atoms with Crippen molar-refractivity contribution < 1.29 is 0 Å². The third-order valence-corrected chi connectivity index (χ3v) is 25.8. The van der Waals surface area contributed by atoms with Crippen molar-refractivity contribution in [2.45, 2.75) is 184 Å². The van der Waals surface area contributed by atoms with E-state index in [4.69, 9.17) is 0 Å². The molecule has 0 aromatic rings. The van der Waals surface area contributed by atoms with Crippen molar-refractivity contribution in [2.24, 2.45) is 11.8 Å². The Morgan fingerprint density at radius 3 is 1.30 bits per heavy atom. The molecule has 6 fully saturated rings. The molecule has 2 heterocycles. The molecule has 0 spiro atoms. The molecule has 2 aliphatic heterocycles. The first-order valence-corrected chi connectivity index (χ1v) is 24.6. The van der Waals surface area contributed by atoms with Crippen LogP contribution in [0.2, 0.25) is 29.8 Å². The molecule has 8 unspecified atom stereocenters. The van der Waals surface area contributed by atoms with Crippen LogP contribution in [-0.4, -0.2) is 75.6 Å². The Morgan fingerprint density at radius 1 is 0.581 bits per heavy atom. The SMILES string of the molecule is CC(C)(C)N[Si](C)(C[Si](C)(NC(C)(C)C)C1CC(N2CCCC2)C2CCCC[C]21)C1CC(N2CCCC2)C2CCCC[C]21. The number of hydrogen-bond donors (Lipinski definition) is 2. The van der Waals surface area contributed by atoms with Gasteiger partial charge in [-0.25, -0.2) is 0 Å². The Morgan fingerprint density at radius 2 is 0.953 bits per heavy atom. The third-order valence-electron chi connectivity index (χ3n) is 13.0. The van der Waals surface area contributed by atoms with E-state index in [1.54, 1.807) is 0 Å². The van der Waals surface area contributed by atoms with Gasteiger partial charge in [-0.3, -0.25) is 0 Å². The molecule has 43 heavy (non-hydrogen) atoms. The van der Waals surface area contributed by atoms with Gasteiger partial charge in [-0.05, 0) is 172 Å². The van der Waals surface area contributed by atoms with Crippen LogP contribution in [0.4, 0.5) is 0 Å². The number of rotatable bonds is 8. The van der Waals surface area contributed by atoms with Crippen LogP contribution >= 0.6 is 0 Å². The van der Waals surface area contributed by atoms with E-state index < -0.39 is 16.5 Å². The molecule has 4 aliphatic carbocycles. The molecule has 2 N–H and O–H groups in total. The van der Waals surface area contributed by atoms with Crippen LogP contribution in [0.25, 0.3) is 0 Å². The molecule has 6 aliphatic rings. The van der Waals surface area contributed by atoms with Crippen molar-refractivity contribution in [3.63, 3.8) is 0 Å². The minimum absolute atomic E-state index is 0.169. The van der Waals surface area contributed by atoms with Gasteiger partial charge in [0, 0.05) is 23.2 Å². The minimum Gasteiger partial charge on any atom is -0.332 e. The predicted molar refractivity (Wildman–Crippen MR) is 190 cm³/mol. The summed E-state index contributed by atoms with van der Waals surface area (Å²) in [5.41, 5.74) is 3.53. The largest absolute Gasteiger partial charge is 0.332 e. The molecular weight excluding hydrogens is 557 g/mol. The van der Waals surface area contributed by atoms with E-state index in [1.165, 1.54) is 122 Å². The van der Waals surface area contributed by atoms with Crippen LogP contribution in [-0.2, 0) is 0 Å². The zero-order chi connectivity index (χ0) is 30.6. The van der Waals surface area contributed by atoms with Crippen LogP contribution in [0.5, 0.6) is 0 Å². The average molecular weight is 627 g/mol. The highest BCUT2D eigenvalue weighted by molar-refractivity contribution is 6.96. The molecule has 0 bridgehead atoms. The van der Waals surface area contributed by atoms with Crippen molar-refractivity contribution in [1.82, 2.24) is 19.8 Å². The maximum Gasteiger partial charge on any atom is 0.125 e. The minimum atomic E-state index is -1.91. The highest BCUT2D eigenvalue weighted by Crippen LogP contribution is 2.60. The van der Waals surface area contributed by atoms with Gasteiger partial charge in [-0.2, -0.15) is 0 Å². The second kappa shape index (κ2) is 12.7. The number of likely N-dealkylation sites (tertiary alicyclic amines) is 2. The van der Waals surface area contributed by atoms with Gasteiger partial charge in [0.1, 0.15) is 16.5 Å². The molecule has 4 saturated carbocycles. The lowest BCUT2D eigenvalue weighted by Crippen LogP contribution is -2.69. The Hall–Kier alpha value is 0.274. The molecule has 4 nitrogen and oxygen atoms in total. The Balaban J connectivity index is 1.36. The zero-order valence-corrected chi connectivity index (χ0v) is 31.8.